The van der Waals surface area contributed by atoms with E-state index in [1.54, 1.807) is 6.07 Å². The molecule has 0 atom stereocenters. The summed E-state index contributed by atoms with van der Waals surface area (Å²) >= 11 is 2.15. The fraction of sp³-hybridized carbons (Fsp3) is 0.300. The molecule has 1 aromatic carbocycles. The van der Waals surface area contributed by atoms with Crippen LogP contribution < -0.4 is 14.8 Å². The predicted molar refractivity (Wildman–Crippen MR) is 64.5 cm³/mol. The van der Waals surface area contributed by atoms with Gasteiger partial charge in [-0.2, -0.15) is 0 Å². The number of rotatable bonds is 1. The highest BCUT2D eigenvalue weighted by Crippen LogP contribution is 2.36. The van der Waals surface area contributed by atoms with Crippen molar-refractivity contribution in [3.8, 4) is 11.5 Å². The van der Waals surface area contributed by atoms with Gasteiger partial charge >= 0.3 is 0 Å². The third kappa shape index (κ3) is 2.34. The molecule has 1 amide bonds. The number of hydrogen-bond donors (Lipinski definition) is 1. The summed E-state index contributed by atoms with van der Waals surface area (Å²) < 4.78 is 11.8. The maximum Gasteiger partial charge on any atom is 0.221 e. The van der Waals surface area contributed by atoms with Crippen molar-refractivity contribution in [2.24, 2.45) is 0 Å². The standard InChI is InChI=1S/C10H10INO3/c1-6(13)12-8-5-10-9(4-7(8)11)14-2-3-15-10/h4-5H,2-3H2,1H3,(H,12,13). The second kappa shape index (κ2) is 4.26. The zero-order chi connectivity index (χ0) is 10.8. The van der Waals surface area contributed by atoms with Gasteiger partial charge in [-0.05, 0) is 28.7 Å². The van der Waals surface area contributed by atoms with Crippen molar-refractivity contribution in [2.75, 3.05) is 18.5 Å². The van der Waals surface area contributed by atoms with E-state index < -0.39 is 0 Å². The summed E-state index contributed by atoms with van der Waals surface area (Å²) in [5.74, 6) is 1.33. The molecule has 4 nitrogen and oxygen atoms in total. The minimum absolute atomic E-state index is 0.0930. The van der Waals surface area contributed by atoms with Crippen LogP contribution >= 0.6 is 22.6 Å². The van der Waals surface area contributed by atoms with Gasteiger partial charge < -0.3 is 14.8 Å². The number of amides is 1. The predicted octanol–water partition coefficient (Wildman–Crippen LogP) is 2.02. The zero-order valence-corrected chi connectivity index (χ0v) is 10.3. The number of carbonyl (C=O) groups excluding carboxylic acids is 1. The van der Waals surface area contributed by atoms with Gasteiger partial charge in [0.2, 0.25) is 5.91 Å². The molecule has 0 saturated heterocycles. The molecule has 5 heteroatoms. The highest BCUT2D eigenvalue weighted by Gasteiger charge is 2.15. The summed E-state index contributed by atoms with van der Waals surface area (Å²) in [6, 6.07) is 3.65. The molecule has 0 bridgehead atoms. The highest BCUT2D eigenvalue weighted by molar-refractivity contribution is 14.1. The van der Waals surface area contributed by atoms with E-state index >= 15 is 0 Å². The van der Waals surface area contributed by atoms with E-state index in [1.807, 2.05) is 6.07 Å². The summed E-state index contributed by atoms with van der Waals surface area (Å²) in [5, 5.41) is 2.74. The summed E-state index contributed by atoms with van der Waals surface area (Å²) in [6.07, 6.45) is 0. The number of halogens is 1. The van der Waals surface area contributed by atoms with E-state index in [4.69, 9.17) is 9.47 Å². The van der Waals surface area contributed by atoms with Crippen LogP contribution in [-0.2, 0) is 4.79 Å². The summed E-state index contributed by atoms with van der Waals surface area (Å²) in [4.78, 5) is 10.9. The smallest absolute Gasteiger partial charge is 0.221 e. The van der Waals surface area contributed by atoms with Crippen molar-refractivity contribution in [3.63, 3.8) is 0 Å². The van der Waals surface area contributed by atoms with Gasteiger partial charge in [0.25, 0.3) is 0 Å². The fourth-order valence-electron chi connectivity index (χ4n) is 1.35. The highest BCUT2D eigenvalue weighted by atomic mass is 127. The largest absolute Gasteiger partial charge is 0.486 e. The third-order valence-corrected chi connectivity index (χ3v) is 2.84. The van der Waals surface area contributed by atoms with E-state index in [-0.39, 0.29) is 5.91 Å². The van der Waals surface area contributed by atoms with Crippen LogP contribution in [0.15, 0.2) is 12.1 Å². The molecule has 1 heterocycles. The first-order chi connectivity index (χ1) is 7.16. The van der Waals surface area contributed by atoms with Crippen molar-refractivity contribution >= 4 is 34.2 Å². The van der Waals surface area contributed by atoms with Crippen LogP contribution in [-0.4, -0.2) is 19.1 Å². The molecule has 0 unspecified atom stereocenters. The van der Waals surface area contributed by atoms with Gasteiger partial charge in [-0.1, -0.05) is 0 Å². The van der Waals surface area contributed by atoms with Crippen molar-refractivity contribution < 1.29 is 14.3 Å². The maximum atomic E-state index is 10.9. The molecule has 0 radical (unpaired) electrons. The Hall–Kier alpha value is -0.980. The molecule has 2 rings (SSSR count). The molecule has 80 valence electrons. The molecule has 1 aliphatic rings. The van der Waals surface area contributed by atoms with Gasteiger partial charge in [-0.3, -0.25) is 4.79 Å². The molecule has 0 aromatic heterocycles. The lowest BCUT2D eigenvalue weighted by Gasteiger charge is -2.19. The molecule has 0 aliphatic carbocycles. The minimum atomic E-state index is -0.0930. The number of anilines is 1. The maximum absolute atomic E-state index is 10.9. The van der Waals surface area contributed by atoms with Gasteiger partial charge in [0.1, 0.15) is 13.2 Å². The molecule has 15 heavy (non-hydrogen) atoms. The van der Waals surface area contributed by atoms with Crippen molar-refractivity contribution in [1.29, 1.82) is 0 Å². The fourth-order valence-corrected chi connectivity index (χ4v) is 1.92. The molecule has 1 N–H and O–H groups in total. The van der Waals surface area contributed by atoms with Crippen molar-refractivity contribution in [3.05, 3.63) is 15.7 Å². The Morgan fingerprint density at radius 2 is 1.93 bits per heavy atom. The number of fused-ring (bicyclic) bond motifs is 1. The van der Waals surface area contributed by atoms with Crippen LogP contribution in [0, 0.1) is 3.57 Å². The lowest BCUT2D eigenvalue weighted by atomic mass is 10.2. The van der Waals surface area contributed by atoms with E-state index in [0.29, 0.717) is 19.0 Å². The van der Waals surface area contributed by atoms with Crippen LogP contribution in [0.4, 0.5) is 5.69 Å². The van der Waals surface area contributed by atoms with Gasteiger partial charge in [0.15, 0.2) is 11.5 Å². The second-order valence-corrected chi connectivity index (χ2v) is 4.32. The first-order valence-corrected chi connectivity index (χ1v) is 5.61. The van der Waals surface area contributed by atoms with E-state index in [1.165, 1.54) is 6.92 Å². The summed E-state index contributed by atoms with van der Waals surface area (Å²) in [7, 11) is 0. The van der Waals surface area contributed by atoms with Crippen molar-refractivity contribution in [1.82, 2.24) is 0 Å². The Morgan fingerprint density at radius 1 is 1.33 bits per heavy atom. The lowest BCUT2D eigenvalue weighted by molar-refractivity contribution is -0.114. The van der Waals surface area contributed by atoms with Crippen LogP contribution in [0.25, 0.3) is 0 Å². The van der Waals surface area contributed by atoms with Crippen LogP contribution in [0.3, 0.4) is 0 Å². The zero-order valence-electron chi connectivity index (χ0n) is 8.17. The monoisotopic (exact) mass is 319 g/mol. The van der Waals surface area contributed by atoms with Gasteiger partial charge in [-0.15, -0.1) is 0 Å². The second-order valence-electron chi connectivity index (χ2n) is 3.16. The molecule has 0 spiro atoms. The Bertz CT molecular complexity index is 406. The number of ether oxygens (including phenoxy) is 2. The SMILES string of the molecule is CC(=O)Nc1cc2c(cc1I)OCCO2. The quantitative estimate of drug-likeness (QED) is 0.806. The minimum Gasteiger partial charge on any atom is -0.486 e. The number of hydrogen-bond acceptors (Lipinski definition) is 3. The molecular weight excluding hydrogens is 309 g/mol. The van der Waals surface area contributed by atoms with Crippen molar-refractivity contribution in [2.45, 2.75) is 6.92 Å². The summed E-state index contributed by atoms with van der Waals surface area (Å²) in [5.41, 5.74) is 0.757. The van der Waals surface area contributed by atoms with Crippen LogP contribution in [0.1, 0.15) is 6.92 Å². The van der Waals surface area contributed by atoms with Gasteiger partial charge in [-0.25, -0.2) is 0 Å². The Morgan fingerprint density at radius 3 is 2.53 bits per heavy atom. The van der Waals surface area contributed by atoms with E-state index in [0.717, 1.165) is 15.0 Å². The average Bonchev–Trinajstić information content (AvgIpc) is 2.18. The molecular formula is C10H10INO3. The number of benzene rings is 1. The van der Waals surface area contributed by atoms with E-state index in [9.17, 15) is 4.79 Å². The Labute approximate surface area is 101 Å². The first kappa shape index (κ1) is 10.5. The van der Waals surface area contributed by atoms with Gasteiger partial charge in [0.05, 0.1) is 5.69 Å². The number of nitrogens with one attached hydrogen (secondary N) is 1. The Kier molecular flexibility index (Phi) is 2.99. The molecule has 0 saturated carbocycles. The third-order valence-electron chi connectivity index (χ3n) is 1.94. The first-order valence-electron chi connectivity index (χ1n) is 4.53. The normalized spacial score (nSPS) is 13.5. The van der Waals surface area contributed by atoms with Gasteiger partial charge in [0, 0.05) is 16.6 Å². The topological polar surface area (TPSA) is 47.6 Å². The number of carbonyl (C=O) groups is 1. The lowest BCUT2D eigenvalue weighted by Crippen LogP contribution is -2.16. The van der Waals surface area contributed by atoms with E-state index in [2.05, 4.69) is 27.9 Å². The molecule has 1 aliphatic heterocycles. The molecule has 1 aromatic rings. The average molecular weight is 319 g/mol. The van der Waals surface area contributed by atoms with Crippen LogP contribution in [0.2, 0.25) is 0 Å². The molecule has 0 fully saturated rings. The van der Waals surface area contributed by atoms with Crippen LogP contribution in [0.5, 0.6) is 11.5 Å². The summed E-state index contributed by atoms with van der Waals surface area (Å²) in [6.45, 7) is 2.60. The Balaban J connectivity index is 2.36.